The van der Waals surface area contributed by atoms with E-state index in [1.807, 2.05) is 36.4 Å². The van der Waals surface area contributed by atoms with Gasteiger partial charge in [0.1, 0.15) is 18.2 Å². The second-order valence-corrected chi connectivity index (χ2v) is 10.3. The lowest BCUT2D eigenvalue weighted by Gasteiger charge is -2.33. The summed E-state index contributed by atoms with van der Waals surface area (Å²) in [4.78, 5) is 41.9. The average molecular weight is 556 g/mol. The van der Waals surface area contributed by atoms with E-state index in [2.05, 4.69) is 27.9 Å². The van der Waals surface area contributed by atoms with Crippen LogP contribution in [0.4, 0.5) is 0 Å². The molecule has 11 heteroatoms. The van der Waals surface area contributed by atoms with Gasteiger partial charge in [0.2, 0.25) is 11.8 Å². The molecule has 0 aliphatic carbocycles. The van der Waals surface area contributed by atoms with E-state index in [9.17, 15) is 24.6 Å². The maximum atomic E-state index is 13.5. The van der Waals surface area contributed by atoms with E-state index < -0.39 is 48.1 Å². The second kappa shape index (κ2) is 17.2. The molecule has 0 saturated carbocycles. The Labute approximate surface area is 233 Å². The zero-order valence-electron chi connectivity index (χ0n) is 22.2. The van der Waals surface area contributed by atoms with Gasteiger partial charge in [-0.25, -0.2) is 0 Å². The molecule has 1 heterocycles. The molecule has 0 spiro atoms. The molecule has 210 valence electrons. The van der Waals surface area contributed by atoms with E-state index in [0.717, 1.165) is 24.2 Å². The number of thioether (sulfide) groups is 1. The van der Waals surface area contributed by atoms with Gasteiger partial charge in [-0.2, -0.15) is 17.0 Å². The number of aliphatic hydroxyl groups is 2. The van der Waals surface area contributed by atoms with Gasteiger partial charge in [0.15, 0.2) is 0 Å². The number of nitriles is 1. The van der Waals surface area contributed by atoms with E-state index >= 15 is 0 Å². The molecule has 1 aromatic carbocycles. The van der Waals surface area contributed by atoms with Crippen molar-refractivity contribution in [3.05, 3.63) is 66.0 Å². The minimum absolute atomic E-state index is 0.163. The van der Waals surface area contributed by atoms with Gasteiger partial charge in [0, 0.05) is 25.1 Å². The summed E-state index contributed by atoms with van der Waals surface area (Å²) in [6.07, 6.45) is 1.77. The van der Waals surface area contributed by atoms with Crippen LogP contribution >= 0.6 is 11.8 Å². The van der Waals surface area contributed by atoms with Crippen LogP contribution in [0, 0.1) is 11.3 Å². The number of aromatic nitrogens is 1. The predicted octanol–water partition coefficient (Wildman–Crippen LogP) is 1.58. The third kappa shape index (κ3) is 11.0. The van der Waals surface area contributed by atoms with E-state index in [1.54, 1.807) is 18.3 Å². The highest BCUT2D eigenvalue weighted by Crippen LogP contribution is 2.15. The van der Waals surface area contributed by atoms with Crippen molar-refractivity contribution in [2.24, 2.45) is 0 Å². The van der Waals surface area contributed by atoms with Crippen LogP contribution in [0.1, 0.15) is 49.0 Å². The van der Waals surface area contributed by atoms with E-state index in [-0.39, 0.29) is 12.8 Å². The number of hydrogen-bond acceptors (Lipinski definition) is 8. The molecule has 0 fully saturated rings. The molecule has 5 N–H and O–H groups in total. The Morgan fingerprint density at radius 2 is 1.74 bits per heavy atom. The highest BCUT2D eigenvalue weighted by molar-refractivity contribution is 7.99. The standard InChI is InChI=1S/C28H37N5O5S/c1-3-4-15-39-18-24(33-27(37)21-11-8-14-30-17-21)28(38)32-23(16-20-9-6-5-7-10-20)26(36)25(35)22(12-13-29)31-19(2)34/h5-11,14,17,22-26,35-36H,3-4,12,15-16,18H2,1-2H3,(H,31,34)(H,32,38)(H,33,37)/t22-,23+,24-,25-,26-/m1/s1. The molecule has 1 aromatic heterocycles. The lowest BCUT2D eigenvalue weighted by atomic mass is 9.92. The predicted molar refractivity (Wildman–Crippen MR) is 150 cm³/mol. The fourth-order valence-electron chi connectivity index (χ4n) is 3.87. The maximum Gasteiger partial charge on any atom is 0.253 e. The number of nitrogens with one attached hydrogen (secondary N) is 3. The highest BCUT2D eigenvalue weighted by atomic mass is 32.2. The van der Waals surface area contributed by atoms with Crippen molar-refractivity contribution in [3.8, 4) is 6.07 Å². The topological polar surface area (TPSA) is 164 Å². The van der Waals surface area contributed by atoms with Crippen molar-refractivity contribution < 1.29 is 24.6 Å². The zero-order valence-corrected chi connectivity index (χ0v) is 23.1. The molecule has 2 rings (SSSR count). The lowest BCUT2D eigenvalue weighted by Crippen LogP contribution is -2.59. The lowest BCUT2D eigenvalue weighted by molar-refractivity contribution is -0.126. The molecule has 2 aromatic rings. The molecular weight excluding hydrogens is 518 g/mol. The normalized spacial score (nSPS) is 14.6. The Bertz CT molecular complexity index is 1080. The van der Waals surface area contributed by atoms with Crippen LogP contribution in [0.25, 0.3) is 0 Å². The Morgan fingerprint density at radius 1 is 1.03 bits per heavy atom. The third-order valence-corrected chi connectivity index (χ3v) is 7.12. The number of pyridine rings is 1. The van der Waals surface area contributed by atoms with E-state index in [4.69, 9.17) is 5.26 Å². The molecule has 0 aliphatic rings. The monoisotopic (exact) mass is 555 g/mol. The number of amides is 3. The number of carbonyl (C=O) groups is 3. The van der Waals surface area contributed by atoms with Gasteiger partial charge in [0.25, 0.3) is 5.91 Å². The fourth-order valence-corrected chi connectivity index (χ4v) is 5.00. The zero-order chi connectivity index (χ0) is 28.6. The molecule has 0 bridgehead atoms. The van der Waals surface area contributed by atoms with Gasteiger partial charge in [0.05, 0.1) is 30.1 Å². The summed E-state index contributed by atoms with van der Waals surface area (Å²) in [5, 5.41) is 39.3. The van der Waals surface area contributed by atoms with Crippen molar-refractivity contribution in [1.82, 2.24) is 20.9 Å². The number of hydrogen-bond donors (Lipinski definition) is 5. The Kier molecular flexibility index (Phi) is 14.0. The van der Waals surface area contributed by atoms with Gasteiger partial charge in [-0.3, -0.25) is 19.4 Å². The quantitative estimate of drug-likeness (QED) is 0.195. The van der Waals surface area contributed by atoms with Crippen molar-refractivity contribution in [2.75, 3.05) is 11.5 Å². The summed E-state index contributed by atoms with van der Waals surface area (Å²) < 4.78 is 0. The van der Waals surface area contributed by atoms with E-state index in [0.29, 0.717) is 11.3 Å². The smallest absolute Gasteiger partial charge is 0.253 e. The first kappa shape index (κ1) is 31.8. The van der Waals surface area contributed by atoms with Crippen molar-refractivity contribution in [2.45, 2.75) is 69.9 Å². The Balaban J connectivity index is 2.27. The number of carbonyl (C=O) groups excluding carboxylic acids is 3. The summed E-state index contributed by atoms with van der Waals surface area (Å²) in [6.45, 7) is 3.31. The number of aliphatic hydroxyl groups excluding tert-OH is 2. The summed E-state index contributed by atoms with van der Waals surface area (Å²) in [5.41, 5.74) is 1.10. The van der Waals surface area contributed by atoms with Crippen molar-refractivity contribution >= 4 is 29.5 Å². The van der Waals surface area contributed by atoms with Gasteiger partial charge in [-0.05, 0) is 36.3 Å². The summed E-state index contributed by atoms with van der Waals surface area (Å²) in [7, 11) is 0. The molecule has 0 aliphatic heterocycles. The first-order valence-electron chi connectivity index (χ1n) is 12.9. The van der Waals surface area contributed by atoms with Crippen LogP contribution in [0.2, 0.25) is 0 Å². The first-order valence-corrected chi connectivity index (χ1v) is 14.0. The molecule has 39 heavy (non-hydrogen) atoms. The largest absolute Gasteiger partial charge is 0.388 e. The molecule has 0 unspecified atom stereocenters. The van der Waals surface area contributed by atoms with Crippen molar-refractivity contribution in [3.63, 3.8) is 0 Å². The number of unbranched alkanes of at least 4 members (excludes halogenated alkanes) is 1. The Morgan fingerprint density at radius 3 is 2.36 bits per heavy atom. The average Bonchev–Trinajstić information content (AvgIpc) is 2.94. The van der Waals surface area contributed by atoms with Gasteiger partial charge in [-0.15, -0.1) is 0 Å². The molecule has 0 radical (unpaired) electrons. The van der Waals surface area contributed by atoms with Crippen LogP contribution in [-0.4, -0.2) is 74.8 Å². The number of rotatable bonds is 16. The first-order chi connectivity index (χ1) is 18.8. The van der Waals surface area contributed by atoms with Gasteiger partial charge in [-0.1, -0.05) is 43.7 Å². The van der Waals surface area contributed by atoms with Gasteiger partial charge < -0.3 is 26.2 Å². The molecule has 0 saturated heterocycles. The van der Waals surface area contributed by atoms with Crippen LogP contribution in [-0.2, 0) is 16.0 Å². The van der Waals surface area contributed by atoms with Crippen LogP contribution in [0.15, 0.2) is 54.9 Å². The molecular formula is C28H37N5O5S. The number of nitrogens with zero attached hydrogens (tertiary/aromatic N) is 2. The third-order valence-electron chi connectivity index (χ3n) is 5.97. The SMILES string of the molecule is CCCCSC[C@@H](NC(=O)c1cccnc1)C(=O)N[C@@H](Cc1ccccc1)[C@@H](O)[C@H](O)[C@@H](CC#N)NC(C)=O. The van der Waals surface area contributed by atoms with Crippen LogP contribution in [0.3, 0.4) is 0 Å². The fraction of sp³-hybridized carbons (Fsp3) is 0.464. The summed E-state index contributed by atoms with van der Waals surface area (Å²) in [5.74, 6) is -0.339. The number of benzene rings is 1. The highest BCUT2D eigenvalue weighted by Gasteiger charge is 2.35. The molecule has 10 nitrogen and oxygen atoms in total. The molecule has 5 atom stereocenters. The summed E-state index contributed by atoms with van der Waals surface area (Å²) >= 11 is 1.53. The molecule has 3 amide bonds. The Hall–Kier alpha value is -3.46. The van der Waals surface area contributed by atoms with Crippen LogP contribution in [0.5, 0.6) is 0 Å². The van der Waals surface area contributed by atoms with Crippen molar-refractivity contribution in [1.29, 1.82) is 5.26 Å². The van der Waals surface area contributed by atoms with E-state index in [1.165, 1.54) is 24.9 Å². The summed E-state index contributed by atoms with van der Waals surface area (Å²) in [6, 6.07) is 11.3. The maximum absolute atomic E-state index is 13.5. The van der Waals surface area contributed by atoms with Crippen LogP contribution < -0.4 is 16.0 Å². The van der Waals surface area contributed by atoms with Gasteiger partial charge >= 0.3 is 0 Å². The minimum atomic E-state index is -1.54. The second-order valence-electron chi connectivity index (χ2n) is 9.15. The minimum Gasteiger partial charge on any atom is -0.388 e.